The number of hydrogen-bond donors (Lipinski definition) is 3. The van der Waals surface area contributed by atoms with Gasteiger partial charge in [-0.25, -0.2) is 4.57 Å². The Hall–Kier alpha value is -2.84. The Morgan fingerprint density at radius 1 is 0.461 bits per heavy atom. The Bertz CT molecular complexity index is 1600. The molecule has 0 aliphatic rings. The molecule has 438 valence electrons. The number of carbonyl (C=O) groups is 1. The molecule has 0 saturated heterocycles. The summed E-state index contributed by atoms with van der Waals surface area (Å²) in [4.78, 5) is 23.3. The molecule has 3 unspecified atom stereocenters. The van der Waals surface area contributed by atoms with E-state index in [1.165, 1.54) is 148 Å². The average molecular weight is 1080 g/mol. The van der Waals surface area contributed by atoms with Crippen LogP contribution in [0, 0.1) is 0 Å². The quantitative estimate of drug-likeness (QED) is 0.0243. The van der Waals surface area contributed by atoms with Crippen LogP contribution in [0.2, 0.25) is 0 Å². The summed E-state index contributed by atoms with van der Waals surface area (Å²) >= 11 is 0. The highest BCUT2D eigenvalue weighted by atomic mass is 31.2. The Morgan fingerprint density at radius 2 is 0.789 bits per heavy atom. The smallest absolute Gasteiger partial charge is 0.387 e. The summed E-state index contributed by atoms with van der Waals surface area (Å²) in [6.07, 6.45) is 83.5. The molecular weight excluding hydrogens is 960 g/mol. The molecule has 0 fully saturated rings. The highest BCUT2D eigenvalue weighted by Crippen LogP contribution is 2.43. The Kier molecular flexibility index (Phi) is 54.7. The van der Waals surface area contributed by atoms with Crippen LogP contribution in [0.25, 0.3) is 0 Å². The third-order valence-corrected chi connectivity index (χ3v) is 14.5. The fourth-order valence-electron chi connectivity index (χ4n) is 8.65. The maximum Gasteiger partial charge on any atom is 0.472 e. The summed E-state index contributed by atoms with van der Waals surface area (Å²) in [6, 6.07) is -0.880. The van der Waals surface area contributed by atoms with Gasteiger partial charge in [-0.2, -0.15) is 0 Å². The van der Waals surface area contributed by atoms with Crippen molar-refractivity contribution in [2.24, 2.45) is 0 Å². The predicted octanol–water partition coefficient (Wildman–Crippen LogP) is 19.5. The normalized spacial score (nSPS) is 14.6. The van der Waals surface area contributed by atoms with Crippen LogP contribution in [-0.2, 0) is 18.4 Å². The van der Waals surface area contributed by atoms with Crippen molar-refractivity contribution >= 4 is 13.7 Å². The largest absolute Gasteiger partial charge is 0.472 e. The number of phosphoric acid groups is 1. The highest BCUT2D eigenvalue weighted by molar-refractivity contribution is 7.47. The monoisotopic (exact) mass is 1080 g/mol. The second kappa shape index (κ2) is 56.9. The van der Waals surface area contributed by atoms with Crippen LogP contribution in [0.15, 0.2) is 109 Å². The van der Waals surface area contributed by atoms with Gasteiger partial charge in [0.05, 0.1) is 39.9 Å². The van der Waals surface area contributed by atoms with Crippen molar-refractivity contribution in [3.63, 3.8) is 0 Å². The summed E-state index contributed by atoms with van der Waals surface area (Å²) < 4.78 is 23.7. The van der Waals surface area contributed by atoms with Gasteiger partial charge in [0.2, 0.25) is 5.91 Å². The first-order valence-electron chi connectivity index (χ1n) is 31.3. The fraction of sp³-hybridized carbons (Fsp3) is 0.716. The van der Waals surface area contributed by atoms with Crippen molar-refractivity contribution < 1.29 is 32.9 Å². The van der Waals surface area contributed by atoms with E-state index in [0.717, 1.165) is 83.5 Å². The van der Waals surface area contributed by atoms with Crippen LogP contribution in [0.5, 0.6) is 0 Å². The Balaban J connectivity index is 4.29. The number of aliphatic hydroxyl groups excluding tert-OH is 1. The standard InChI is InChI=1S/C67H119N2O6P/c1-6-8-10-12-14-16-18-20-22-24-26-28-30-32-34-36-38-40-42-44-46-48-50-52-54-56-58-60-66(70)65(64-75-76(72,73)74-63-62-69(3,4)5)68-67(71)61-59-57-55-53-51-49-47-45-43-41-39-37-35-33-31-29-27-25-23-21-19-17-15-13-11-9-7-2/h9,11,15,17,21,23,27,29,33,35,39,41,45,47,51,53,58,60,65-66,70H,6-8,10,12-14,16,18-20,22,24-26,28,30-32,34,36-38,40,42-44,46,48-50,52,54-57,59,61-64H2,1-5H3,(H-,68,71,72,73)/p+1/b11-9-,17-15-,23-21-,29-27-,35-33-,41-39-,47-45-,53-51-,60-58+. The van der Waals surface area contributed by atoms with Crippen molar-refractivity contribution in [1.82, 2.24) is 5.32 Å². The predicted molar refractivity (Wildman–Crippen MR) is 332 cm³/mol. The van der Waals surface area contributed by atoms with Crippen molar-refractivity contribution in [2.45, 2.75) is 270 Å². The number of nitrogens with one attached hydrogen (secondary N) is 1. The lowest BCUT2D eigenvalue weighted by Crippen LogP contribution is -2.45. The fourth-order valence-corrected chi connectivity index (χ4v) is 9.38. The van der Waals surface area contributed by atoms with E-state index in [1.807, 2.05) is 27.2 Å². The van der Waals surface area contributed by atoms with E-state index < -0.39 is 20.0 Å². The van der Waals surface area contributed by atoms with Gasteiger partial charge in [0.15, 0.2) is 0 Å². The lowest BCUT2D eigenvalue weighted by molar-refractivity contribution is -0.870. The molecule has 0 aliphatic heterocycles. The van der Waals surface area contributed by atoms with Crippen LogP contribution >= 0.6 is 7.82 Å². The molecule has 0 aromatic carbocycles. The van der Waals surface area contributed by atoms with Gasteiger partial charge < -0.3 is 19.8 Å². The first-order chi connectivity index (χ1) is 37.0. The van der Waals surface area contributed by atoms with Crippen LogP contribution in [0.3, 0.4) is 0 Å². The number of quaternary nitrogens is 1. The molecule has 0 radical (unpaired) electrons. The number of phosphoric ester groups is 1. The van der Waals surface area contributed by atoms with E-state index in [-0.39, 0.29) is 19.1 Å². The zero-order valence-corrected chi connectivity index (χ0v) is 50.9. The average Bonchev–Trinajstić information content (AvgIpc) is 3.38. The molecule has 0 rings (SSSR count). The maximum atomic E-state index is 13.0. The van der Waals surface area contributed by atoms with Gasteiger partial charge in [-0.1, -0.05) is 277 Å². The van der Waals surface area contributed by atoms with Gasteiger partial charge in [0, 0.05) is 6.42 Å². The third kappa shape index (κ3) is 58.8. The van der Waals surface area contributed by atoms with Gasteiger partial charge in [-0.05, 0) is 83.5 Å². The molecule has 1 amide bonds. The Morgan fingerprint density at radius 3 is 1.16 bits per heavy atom. The molecular formula is C67H120N2O6P+. The number of likely N-dealkylation sites (N-methyl/N-ethyl adjacent to an activating group) is 1. The number of allylic oxidation sites excluding steroid dienone is 17. The molecule has 0 saturated carbocycles. The van der Waals surface area contributed by atoms with Gasteiger partial charge in [-0.3, -0.25) is 13.8 Å². The molecule has 0 aromatic heterocycles. The minimum absolute atomic E-state index is 0.0471. The topological polar surface area (TPSA) is 105 Å². The van der Waals surface area contributed by atoms with E-state index in [0.29, 0.717) is 23.9 Å². The van der Waals surface area contributed by atoms with Gasteiger partial charge >= 0.3 is 7.82 Å². The lowest BCUT2D eigenvalue weighted by atomic mass is 10.0. The molecule has 9 heteroatoms. The number of nitrogens with zero attached hydrogens (tertiary/aromatic N) is 1. The summed E-state index contributed by atoms with van der Waals surface area (Å²) in [5, 5.41) is 13.9. The SMILES string of the molecule is CC/C=C\C/C=C\C/C=C\C/C=C\C/C=C\C/C=C\C/C=C\C/C=C\CCCCC(=O)NC(COP(=O)(O)OCC[N+](C)(C)C)C(O)/C=C/CCCCCCCCCCCCCCCCCCCCCCCCCCC. The second-order valence-electron chi connectivity index (χ2n) is 22.1. The maximum absolute atomic E-state index is 13.0. The number of aliphatic hydroxyl groups is 1. The number of hydrogen-bond acceptors (Lipinski definition) is 5. The van der Waals surface area contributed by atoms with Crippen LogP contribution in [0.4, 0.5) is 0 Å². The van der Waals surface area contributed by atoms with Gasteiger partial charge in [0.25, 0.3) is 0 Å². The van der Waals surface area contributed by atoms with Crippen molar-refractivity contribution in [2.75, 3.05) is 40.9 Å². The van der Waals surface area contributed by atoms with Gasteiger partial charge in [-0.15, -0.1) is 0 Å². The van der Waals surface area contributed by atoms with E-state index in [9.17, 15) is 19.4 Å². The van der Waals surface area contributed by atoms with Crippen LogP contribution in [0.1, 0.15) is 258 Å². The number of unbranched alkanes of at least 4 members (excludes halogenated alkanes) is 27. The third-order valence-electron chi connectivity index (χ3n) is 13.5. The molecule has 0 heterocycles. The Labute approximate surface area is 470 Å². The summed E-state index contributed by atoms with van der Waals surface area (Å²) in [6.45, 7) is 4.68. The minimum Gasteiger partial charge on any atom is -0.387 e. The number of carbonyl (C=O) groups excluding carboxylic acids is 1. The number of rotatable bonds is 56. The first-order valence-corrected chi connectivity index (χ1v) is 32.8. The van der Waals surface area contributed by atoms with E-state index >= 15 is 0 Å². The highest BCUT2D eigenvalue weighted by Gasteiger charge is 2.27. The zero-order valence-electron chi connectivity index (χ0n) is 50.0. The summed E-state index contributed by atoms with van der Waals surface area (Å²) in [7, 11) is 1.53. The number of amides is 1. The van der Waals surface area contributed by atoms with E-state index in [1.54, 1.807) is 6.08 Å². The van der Waals surface area contributed by atoms with E-state index in [2.05, 4.69) is 116 Å². The zero-order chi connectivity index (χ0) is 55.6. The van der Waals surface area contributed by atoms with Crippen molar-refractivity contribution in [1.29, 1.82) is 0 Å². The summed E-state index contributed by atoms with van der Waals surface area (Å²) in [5.74, 6) is -0.221. The lowest BCUT2D eigenvalue weighted by Gasteiger charge is -2.25. The minimum atomic E-state index is -4.37. The van der Waals surface area contributed by atoms with Crippen molar-refractivity contribution in [3.8, 4) is 0 Å². The summed E-state index contributed by atoms with van der Waals surface area (Å²) in [5.41, 5.74) is 0. The molecule has 76 heavy (non-hydrogen) atoms. The van der Waals surface area contributed by atoms with Crippen LogP contribution in [-0.4, -0.2) is 73.4 Å². The van der Waals surface area contributed by atoms with Gasteiger partial charge in [0.1, 0.15) is 13.2 Å². The van der Waals surface area contributed by atoms with E-state index in [4.69, 9.17) is 9.05 Å². The van der Waals surface area contributed by atoms with Crippen LogP contribution < -0.4 is 5.32 Å². The first kappa shape index (κ1) is 73.2. The molecule has 3 atom stereocenters. The molecule has 8 nitrogen and oxygen atoms in total. The molecule has 0 aliphatic carbocycles. The molecule has 0 spiro atoms. The van der Waals surface area contributed by atoms with Crippen molar-refractivity contribution in [3.05, 3.63) is 109 Å². The molecule has 0 bridgehead atoms. The second-order valence-corrected chi connectivity index (χ2v) is 23.5. The molecule has 3 N–H and O–H groups in total. The molecule has 0 aromatic rings.